The maximum Gasteiger partial charge on any atom is 0.0783 e. The molecule has 0 aromatic heterocycles. The number of ether oxygens (including phenoxy) is 1. The summed E-state index contributed by atoms with van der Waals surface area (Å²) in [7, 11) is 2.14. The average molecular weight is 269 g/mol. The lowest BCUT2D eigenvalue weighted by Crippen LogP contribution is -2.40. The maximum absolute atomic E-state index is 6.11. The second-order valence-electron chi connectivity index (χ2n) is 6.50. The molecule has 2 saturated heterocycles. The van der Waals surface area contributed by atoms with Crippen molar-refractivity contribution in [2.24, 2.45) is 11.8 Å². The summed E-state index contributed by atoms with van der Waals surface area (Å²) in [5, 5.41) is 3.53. The van der Waals surface area contributed by atoms with Gasteiger partial charge in [0, 0.05) is 18.4 Å². The molecular weight excluding hydrogens is 242 g/mol. The maximum atomic E-state index is 6.11. The van der Waals surface area contributed by atoms with Crippen LogP contribution >= 0.6 is 11.8 Å². The molecule has 1 spiro atoms. The molecule has 0 radical (unpaired) electrons. The first-order valence-electron chi connectivity index (χ1n) is 7.70. The summed E-state index contributed by atoms with van der Waals surface area (Å²) in [6, 6.07) is 0.793. The highest BCUT2D eigenvalue weighted by Crippen LogP contribution is 2.42. The number of rotatable bonds is 5. The minimum Gasteiger partial charge on any atom is -0.374 e. The lowest BCUT2D eigenvalue weighted by Gasteiger charge is -2.38. The van der Waals surface area contributed by atoms with E-state index in [2.05, 4.69) is 24.1 Å². The molecule has 1 saturated carbocycles. The van der Waals surface area contributed by atoms with Crippen molar-refractivity contribution in [1.82, 2.24) is 5.32 Å². The molecule has 104 valence electrons. The summed E-state index contributed by atoms with van der Waals surface area (Å²) >= 11 is 2.09. The van der Waals surface area contributed by atoms with Crippen LogP contribution in [0, 0.1) is 11.8 Å². The molecule has 0 bridgehead atoms. The second-order valence-corrected chi connectivity index (χ2v) is 7.61. The fourth-order valence-corrected chi connectivity index (χ4v) is 5.15. The highest BCUT2D eigenvalue weighted by molar-refractivity contribution is 7.99. The van der Waals surface area contributed by atoms with Crippen LogP contribution in [0.5, 0.6) is 0 Å². The first kappa shape index (κ1) is 13.3. The number of hydrogen-bond acceptors (Lipinski definition) is 3. The van der Waals surface area contributed by atoms with Gasteiger partial charge in [-0.3, -0.25) is 0 Å². The third-order valence-corrected chi connectivity index (χ3v) is 6.33. The standard InChI is InChI=1S/C15H27NOS/c1-16-14(13-3-4-13)5-2-12-6-8-17-15(10-12)7-9-18-11-15/h12-14,16H,2-11H2,1H3. The number of nitrogens with one attached hydrogen (secondary N) is 1. The third-order valence-electron chi connectivity index (χ3n) is 5.11. The summed E-state index contributed by atoms with van der Waals surface area (Å²) in [6.45, 7) is 1.01. The van der Waals surface area contributed by atoms with E-state index >= 15 is 0 Å². The molecule has 0 aromatic rings. The quantitative estimate of drug-likeness (QED) is 0.829. The van der Waals surface area contributed by atoms with Gasteiger partial charge in [-0.25, -0.2) is 0 Å². The molecule has 3 atom stereocenters. The van der Waals surface area contributed by atoms with Gasteiger partial charge in [0.2, 0.25) is 0 Å². The van der Waals surface area contributed by atoms with E-state index in [1.54, 1.807) is 0 Å². The van der Waals surface area contributed by atoms with E-state index in [0.717, 1.165) is 24.5 Å². The van der Waals surface area contributed by atoms with Gasteiger partial charge in [-0.05, 0) is 69.6 Å². The minimum atomic E-state index is 0.280. The van der Waals surface area contributed by atoms with Gasteiger partial charge in [0.25, 0.3) is 0 Å². The molecule has 3 unspecified atom stereocenters. The van der Waals surface area contributed by atoms with Crippen molar-refractivity contribution in [3.8, 4) is 0 Å². The van der Waals surface area contributed by atoms with Gasteiger partial charge in [0.05, 0.1) is 5.60 Å². The van der Waals surface area contributed by atoms with E-state index in [9.17, 15) is 0 Å². The molecule has 0 aromatic carbocycles. The van der Waals surface area contributed by atoms with Gasteiger partial charge in [-0.1, -0.05) is 0 Å². The topological polar surface area (TPSA) is 21.3 Å². The van der Waals surface area contributed by atoms with Gasteiger partial charge in [-0.15, -0.1) is 0 Å². The zero-order valence-electron chi connectivity index (χ0n) is 11.6. The van der Waals surface area contributed by atoms with E-state index in [4.69, 9.17) is 4.74 Å². The van der Waals surface area contributed by atoms with Gasteiger partial charge >= 0.3 is 0 Å². The Morgan fingerprint density at radius 3 is 2.94 bits per heavy atom. The molecular formula is C15H27NOS. The molecule has 3 rings (SSSR count). The van der Waals surface area contributed by atoms with E-state index < -0.39 is 0 Å². The van der Waals surface area contributed by atoms with E-state index in [-0.39, 0.29) is 5.60 Å². The molecule has 3 aliphatic rings. The summed E-state index contributed by atoms with van der Waals surface area (Å²) in [4.78, 5) is 0. The number of thioether (sulfide) groups is 1. The van der Waals surface area contributed by atoms with E-state index in [1.807, 2.05) is 0 Å². The van der Waals surface area contributed by atoms with Gasteiger partial charge in [0.1, 0.15) is 0 Å². The first-order valence-corrected chi connectivity index (χ1v) is 8.86. The smallest absolute Gasteiger partial charge is 0.0783 e. The van der Waals surface area contributed by atoms with Crippen molar-refractivity contribution in [2.45, 2.75) is 56.6 Å². The largest absolute Gasteiger partial charge is 0.374 e. The first-order chi connectivity index (χ1) is 8.81. The molecule has 0 amide bonds. The highest BCUT2D eigenvalue weighted by Gasteiger charge is 2.40. The van der Waals surface area contributed by atoms with Crippen molar-refractivity contribution in [2.75, 3.05) is 25.2 Å². The predicted molar refractivity (Wildman–Crippen MR) is 78.2 cm³/mol. The van der Waals surface area contributed by atoms with Crippen molar-refractivity contribution in [3.05, 3.63) is 0 Å². The molecule has 1 aliphatic carbocycles. The fraction of sp³-hybridized carbons (Fsp3) is 1.00. The van der Waals surface area contributed by atoms with Crippen LogP contribution in [-0.4, -0.2) is 36.8 Å². The zero-order valence-corrected chi connectivity index (χ0v) is 12.4. The van der Waals surface area contributed by atoms with Crippen LogP contribution in [0.15, 0.2) is 0 Å². The molecule has 3 fully saturated rings. The molecule has 2 heterocycles. The Morgan fingerprint density at radius 2 is 2.28 bits per heavy atom. The van der Waals surface area contributed by atoms with Crippen molar-refractivity contribution in [3.63, 3.8) is 0 Å². The van der Waals surface area contributed by atoms with E-state index in [0.29, 0.717) is 0 Å². The Bertz CT molecular complexity index is 274. The van der Waals surface area contributed by atoms with Crippen molar-refractivity contribution in [1.29, 1.82) is 0 Å². The summed E-state index contributed by atoms with van der Waals surface area (Å²) in [5.74, 6) is 4.48. The highest BCUT2D eigenvalue weighted by atomic mass is 32.2. The van der Waals surface area contributed by atoms with Crippen LogP contribution in [0.1, 0.15) is 44.9 Å². The normalized spacial score (nSPS) is 38.2. The minimum absolute atomic E-state index is 0.280. The molecule has 1 N–H and O–H groups in total. The summed E-state index contributed by atoms with van der Waals surface area (Å²) < 4.78 is 6.11. The second kappa shape index (κ2) is 5.72. The monoisotopic (exact) mass is 269 g/mol. The lowest BCUT2D eigenvalue weighted by atomic mass is 9.82. The zero-order chi connectivity index (χ0) is 12.4. The Labute approximate surface area is 116 Å². The summed E-state index contributed by atoms with van der Waals surface area (Å²) in [6.07, 6.45) is 9.65. The van der Waals surface area contributed by atoms with Gasteiger partial charge in [-0.2, -0.15) is 11.8 Å². The molecule has 2 aliphatic heterocycles. The Balaban J connectivity index is 1.47. The van der Waals surface area contributed by atoms with Gasteiger partial charge < -0.3 is 10.1 Å². The summed E-state index contributed by atoms with van der Waals surface area (Å²) in [5.41, 5.74) is 0.280. The van der Waals surface area contributed by atoms with Crippen molar-refractivity contribution >= 4 is 11.8 Å². The third kappa shape index (κ3) is 3.05. The lowest BCUT2D eigenvalue weighted by molar-refractivity contribution is -0.0810. The predicted octanol–water partition coefficient (Wildman–Crippen LogP) is 3.07. The fourth-order valence-electron chi connectivity index (χ4n) is 3.77. The van der Waals surface area contributed by atoms with Crippen LogP contribution in [-0.2, 0) is 4.74 Å². The van der Waals surface area contributed by atoms with Gasteiger partial charge in [0.15, 0.2) is 0 Å². The molecule has 2 nitrogen and oxygen atoms in total. The van der Waals surface area contributed by atoms with Crippen LogP contribution in [0.4, 0.5) is 0 Å². The van der Waals surface area contributed by atoms with Crippen LogP contribution in [0.25, 0.3) is 0 Å². The van der Waals surface area contributed by atoms with Crippen LogP contribution in [0.3, 0.4) is 0 Å². The van der Waals surface area contributed by atoms with Crippen LogP contribution in [0.2, 0.25) is 0 Å². The van der Waals surface area contributed by atoms with Crippen LogP contribution < -0.4 is 5.32 Å². The molecule has 18 heavy (non-hydrogen) atoms. The molecule has 3 heteroatoms. The average Bonchev–Trinajstić information content (AvgIpc) is 3.13. The SMILES string of the molecule is CNC(CCC1CCOC2(CCSC2)C1)C1CC1. The number of hydrogen-bond donors (Lipinski definition) is 1. The Kier molecular flexibility index (Phi) is 4.21. The Morgan fingerprint density at radius 1 is 1.39 bits per heavy atom. The Hall–Kier alpha value is 0.270. The van der Waals surface area contributed by atoms with E-state index in [1.165, 1.54) is 56.5 Å². The van der Waals surface area contributed by atoms with Crippen molar-refractivity contribution < 1.29 is 4.74 Å².